The molecule has 1 aliphatic heterocycles. The molecule has 0 bridgehead atoms. The van der Waals surface area contributed by atoms with Crippen molar-refractivity contribution in [1.82, 2.24) is 19.9 Å². The third-order valence-electron chi connectivity index (χ3n) is 4.55. The molecule has 4 nitrogen and oxygen atoms in total. The van der Waals surface area contributed by atoms with Crippen LogP contribution in [0.3, 0.4) is 0 Å². The van der Waals surface area contributed by atoms with Crippen molar-refractivity contribution < 1.29 is 0 Å². The van der Waals surface area contributed by atoms with Gasteiger partial charge in [0.15, 0.2) is 0 Å². The van der Waals surface area contributed by atoms with Gasteiger partial charge in [0.25, 0.3) is 0 Å². The molecule has 0 radical (unpaired) electrons. The Labute approximate surface area is 130 Å². The number of para-hydroxylation sites is 1. The number of fused-ring (bicyclic) bond motifs is 1. The molecule has 4 heteroatoms. The van der Waals surface area contributed by atoms with E-state index in [0.717, 1.165) is 43.3 Å². The maximum atomic E-state index is 4.46. The Kier molecular flexibility index (Phi) is 3.60. The Hall–Kier alpha value is -2.20. The molecular weight excluding hydrogens is 272 g/mol. The van der Waals surface area contributed by atoms with Gasteiger partial charge in [-0.15, -0.1) is 0 Å². The fourth-order valence-corrected chi connectivity index (χ4v) is 3.46. The Bertz CT molecular complexity index is 745. The van der Waals surface area contributed by atoms with E-state index >= 15 is 0 Å². The molecule has 1 aliphatic rings. The lowest BCUT2D eigenvalue weighted by atomic mass is 9.96. The Morgan fingerprint density at radius 2 is 2.09 bits per heavy atom. The van der Waals surface area contributed by atoms with Crippen LogP contribution in [0.5, 0.6) is 0 Å². The number of aromatic amines is 1. The number of H-pyrrole nitrogens is 1. The summed E-state index contributed by atoms with van der Waals surface area (Å²) in [5.74, 6) is 1.79. The predicted octanol–water partition coefficient (Wildman–Crippen LogP) is 3.02. The summed E-state index contributed by atoms with van der Waals surface area (Å²) in [7, 11) is 0. The Morgan fingerprint density at radius 1 is 1.14 bits per heavy atom. The second kappa shape index (κ2) is 5.89. The molecule has 2 aromatic heterocycles. The fraction of sp³-hybridized carbons (Fsp3) is 0.333. The molecular formula is C18H20N4. The first-order chi connectivity index (χ1) is 10.9. The summed E-state index contributed by atoms with van der Waals surface area (Å²) in [5.41, 5.74) is 2.53. The highest BCUT2D eigenvalue weighted by Gasteiger charge is 2.23. The number of imidazole rings is 1. The quantitative estimate of drug-likeness (QED) is 0.804. The van der Waals surface area contributed by atoms with Crippen LogP contribution in [0.25, 0.3) is 10.9 Å². The van der Waals surface area contributed by atoms with Crippen molar-refractivity contribution in [2.24, 2.45) is 5.92 Å². The summed E-state index contributed by atoms with van der Waals surface area (Å²) in [6.07, 6.45) is 8.06. The van der Waals surface area contributed by atoms with Gasteiger partial charge in [-0.2, -0.15) is 0 Å². The van der Waals surface area contributed by atoms with E-state index in [0.29, 0.717) is 0 Å². The zero-order valence-corrected chi connectivity index (χ0v) is 12.6. The van der Waals surface area contributed by atoms with Gasteiger partial charge in [0.2, 0.25) is 0 Å². The zero-order valence-electron chi connectivity index (χ0n) is 12.6. The first-order valence-corrected chi connectivity index (χ1v) is 7.92. The van der Waals surface area contributed by atoms with Crippen LogP contribution in [0.4, 0.5) is 0 Å². The van der Waals surface area contributed by atoms with Gasteiger partial charge in [0.05, 0.1) is 12.1 Å². The van der Waals surface area contributed by atoms with Crippen molar-refractivity contribution in [3.8, 4) is 0 Å². The van der Waals surface area contributed by atoms with Gasteiger partial charge in [0, 0.05) is 30.5 Å². The maximum Gasteiger partial charge on any atom is 0.120 e. The maximum absolute atomic E-state index is 4.46. The first kappa shape index (κ1) is 13.5. The number of pyridine rings is 1. The van der Waals surface area contributed by atoms with Crippen LogP contribution in [-0.4, -0.2) is 32.9 Å². The van der Waals surface area contributed by atoms with Gasteiger partial charge >= 0.3 is 0 Å². The predicted molar refractivity (Wildman–Crippen MR) is 87.4 cm³/mol. The lowest BCUT2D eigenvalue weighted by Crippen LogP contribution is -2.21. The van der Waals surface area contributed by atoms with E-state index in [2.05, 4.69) is 50.2 Å². The zero-order chi connectivity index (χ0) is 14.8. The highest BCUT2D eigenvalue weighted by Crippen LogP contribution is 2.25. The van der Waals surface area contributed by atoms with Crippen LogP contribution in [-0.2, 0) is 13.0 Å². The minimum Gasteiger partial charge on any atom is -0.348 e. The van der Waals surface area contributed by atoms with Crippen LogP contribution in [0.1, 0.15) is 17.8 Å². The van der Waals surface area contributed by atoms with Crippen molar-refractivity contribution in [3.63, 3.8) is 0 Å². The fourth-order valence-electron chi connectivity index (χ4n) is 3.46. The van der Waals surface area contributed by atoms with E-state index < -0.39 is 0 Å². The van der Waals surface area contributed by atoms with Gasteiger partial charge in [-0.05, 0) is 43.0 Å². The highest BCUT2D eigenvalue weighted by molar-refractivity contribution is 5.81. The molecule has 0 amide bonds. The van der Waals surface area contributed by atoms with Crippen molar-refractivity contribution in [1.29, 1.82) is 0 Å². The molecule has 0 spiro atoms. The third-order valence-corrected chi connectivity index (χ3v) is 4.55. The molecule has 1 saturated heterocycles. The van der Waals surface area contributed by atoms with Gasteiger partial charge < -0.3 is 4.98 Å². The first-order valence-electron chi connectivity index (χ1n) is 7.92. The normalized spacial score (nSPS) is 19.0. The van der Waals surface area contributed by atoms with E-state index in [-0.39, 0.29) is 0 Å². The summed E-state index contributed by atoms with van der Waals surface area (Å²) in [4.78, 5) is 14.5. The molecule has 1 aromatic carbocycles. The summed E-state index contributed by atoms with van der Waals surface area (Å²) < 4.78 is 0. The number of hydrogen-bond acceptors (Lipinski definition) is 3. The summed E-state index contributed by atoms with van der Waals surface area (Å²) in [6, 6.07) is 10.6. The van der Waals surface area contributed by atoms with E-state index in [4.69, 9.17) is 0 Å². The largest absolute Gasteiger partial charge is 0.348 e. The second-order valence-corrected chi connectivity index (χ2v) is 6.12. The van der Waals surface area contributed by atoms with E-state index in [1.54, 1.807) is 0 Å². The molecule has 22 heavy (non-hydrogen) atoms. The van der Waals surface area contributed by atoms with Gasteiger partial charge in [-0.1, -0.05) is 18.2 Å². The number of aromatic nitrogens is 3. The molecule has 4 rings (SSSR count). The third kappa shape index (κ3) is 2.74. The molecule has 0 aliphatic carbocycles. The lowest BCUT2D eigenvalue weighted by Gasteiger charge is -2.15. The molecule has 112 valence electrons. The molecule has 0 unspecified atom stereocenters. The van der Waals surface area contributed by atoms with Crippen molar-refractivity contribution in [3.05, 3.63) is 60.3 Å². The number of nitrogens with one attached hydrogen (secondary N) is 1. The SMILES string of the molecule is c1ccc2c(C[C@H]3CCN(Cc4ncc[nH]4)C3)ccnc2c1. The smallest absolute Gasteiger partial charge is 0.120 e. The van der Waals surface area contributed by atoms with E-state index in [1.807, 2.05) is 18.6 Å². The van der Waals surface area contributed by atoms with Crippen molar-refractivity contribution in [2.75, 3.05) is 13.1 Å². The van der Waals surface area contributed by atoms with Crippen LogP contribution in [0.15, 0.2) is 48.9 Å². The average molecular weight is 292 g/mol. The van der Waals surface area contributed by atoms with E-state index in [9.17, 15) is 0 Å². The number of rotatable bonds is 4. The van der Waals surface area contributed by atoms with Gasteiger partial charge in [0.1, 0.15) is 5.82 Å². The minimum absolute atomic E-state index is 0.723. The lowest BCUT2D eigenvalue weighted by molar-refractivity contribution is 0.309. The topological polar surface area (TPSA) is 44.8 Å². The van der Waals surface area contributed by atoms with E-state index in [1.165, 1.54) is 17.4 Å². The van der Waals surface area contributed by atoms with Gasteiger partial charge in [-0.25, -0.2) is 4.98 Å². The van der Waals surface area contributed by atoms with Crippen LogP contribution in [0.2, 0.25) is 0 Å². The van der Waals surface area contributed by atoms with Crippen molar-refractivity contribution in [2.45, 2.75) is 19.4 Å². The van der Waals surface area contributed by atoms with Crippen LogP contribution >= 0.6 is 0 Å². The minimum atomic E-state index is 0.723. The molecule has 3 aromatic rings. The average Bonchev–Trinajstić information content (AvgIpc) is 3.20. The number of benzene rings is 1. The molecule has 3 heterocycles. The second-order valence-electron chi connectivity index (χ2n) is 6.12. The standard InChI is InChI=1S/C18H20N4/c1-2-4-17-16(3-1)15(5-7-19-17)11-14-6-10-22(12-14)13-18-20-8-9-21-18/h1-5,7-9,14H,6,10-13H2,(H,20,21)/t14-/m1/s1. The van der Waals surface area contributed by atoms with Crippen molar-refractivity contribution >= 4 is 10.9 Å². The molecule has 1 atom stereocenters. The molecule has 1 fully saturated rings. The summed E-state index contributed by atoms with van der Waals surface area (Å²) >= 11 is 0. The molecule has 0 saturated carbocycles. The highest BCUT2D eigenvalue weighted by atomic mass is 15.2. The molecule has 1 N–H and O–H groups in total. The Balaban J connectivity index is 1.45. The Morgan fingerprint density at radius 3 is 3.00 bits per heavy atom. The number of likely N-dealkylation sites (tertiary alicyclic amines) is 1. The van der Waals surface area contributed by atoms with Gasteiger partial charge in [-0.3, -0.25) is 9.88 Å². The monoisotopic (exact) mass is 292 g/mol. The number of hydrogen-bond donors (Lipinski definition) is 1. The van der Waals surface area contributed by atoms with Crippen LogP contribution < -0.4 is 0 Å². The summed E-state index contributed by atoms with van der Waals surface area (Å²) in [5, 5.41) is 1.30. The number of nitrogens with zero attached hydrogens (tertiary/aromatic N) is 3. The van der Waals surface area contributed by atoms with Crippen LogP contribution in [0, 0.1) is 5.92 Å². The summed E-state index contributed by atoms with van der Waals surface area (Å²) in [6.45, 7) is 3.24.